The van der Waals surface area contributed by atoms with Gasteiger partial charge in [0.1, 0.15) is 5.76 Å². The Bertz CT molecular complexity index is 416. The molecule has 0 saturated carbocycles. The second-order valence-corrected chi connectivity index (χ2v) is 4.30. The summed E-state index contributed by atoms with van der Waals surface area (Å²) in [4.78, 5) is 0. The van der Waals surface area contributed by atoms with E-state index in [4.69, 9.17) is 22.1 Å². The normalized spacial score (nSPS) is 22.0. The van der Waals surface area contributed by atoms with Gasteiger partial charge in [0.2, 0.25) is 0 Å². The fraction of sp³-hybridized carbons (Fsp3) is 0.286. The molecule has 0 aromatic rings. The summed E-state index contributed by atoms with van der Waals surface area (Å²) in [5, 5.41) is 0.642. The van der Waals surface area contributed by atoms with Gasteiger partial charge in [0.05, 0.1) is 12.3 Å². The Hall–Kier alpha value is -1.41. The number of rotatable bonds is 3. The standard InChI is InChI=1S/C14H18ClNO/c1-4-5-8-12(15)11-7-6-9-17-14(11)13(16)10(2)3/h4-5,8H,1-2,6-7,9,16H2,3H3/b8-5+,12-11+,14-13-. The van der Waals surface area contributed by atoms with Crippen LogP contribution in [0.25, 0.3) is 0 Å². The molecule has 0 spiro atoms. The van der Waals surface area contributed by atoms with E-state index in [1.165, 1.54) is 0 Å². The Morgan fingerprint density at radius 3 is 2.82 bits per heavy atom. The van der Waals surface area contributed by atoms with Crippen LogP contribution in [0.2, 0.25) is 0 Å². The van der Waals surface area contributed by atoms with Crippen LogP contribution in [0.5, 0.6) is 0 Å². The minimum atomic E-state index is 0.574. The fourth-order valence-corrected chi connectivity index (χ4v) is 1.79. The lowest BCUT2D eigenvalue weighted by atomic mass is 10.0. The molecule has 0 aliphatic carbocycles. The predicted molar refractivity (Wildman–Crippen MR) is 73.4 cm³/mol. The Kier molecular flexibility index (Phi) is 5.11. The zero-order chi connectivity index (χ0) is 12.8. The summed E-state index contributed by atoms with van der Waals surface area (Å²) >= 11 is 6.23. The van der Waals surface area contributed by atoms with Gasteiger partial charge in [-0.05, 0) is 31.4 Å². The minimum Gasteiger partial charge on any atom is -0.491 e. The van der Waals surface area contributed by atoms with Crippen LogP contribution in [0.1, 0.15) is 19.8 Å². The maximum absolute atomic E-state index is 6.23. The van der Waals surface area contributed by atoms with Crippen molar-refractivity contribution in [3.63, 3.8) is 0 Å². The molecular formula is C14H18ClNO. The minimum absolute atomic E-state index is 0.574. The highest BCUT2D eigenvalue weighted by Crippen LogP contribution is 2.31. The van der Waals surface area contributed by atoms with Crippen molar-refractivity contribution in [3.05, 3.63) is 59.0 Å². The monoisotopic (exact) mass is 251 g/mol. The van der Waals surface area contributed by atoms with Gasteiger partial charge >= 0.3 is 0 Å². The summed E-state index contributed by atoms with van der Waals surface area (Å²) in [5.41, 5.74) is 8.27. The lowest BCUT2D eigenvalue weighted by Crippen LogP contribution is -2.14. The summed E-state index contributed by atoms with van der Waals surface area (Å²) in [7, 11) is 0. The molecule has 92 valence electrons. The highest BCUT2D eigenvalue weighted by molar-refractivity contribution is 6.31. The quantitative estimate of drug-likeness (QED) is 0.775. The van der Waals surface area contributed by atoms with Crippen molar-refractivity contribution in [2.45, 2.75) is 19.8 Å². The molecule has 0 radical (unpaired) electrons. The van der Waals surface area contributed by atoms with E-state index in [0.717, 1.165) is 24.0 Å². The average molecular weight is 252 g/mol. The smallest absolute Gasteiger partial charge is 0.147 e. The third kappa shape index (κ3) is 3.53. The van der Waals surface area contributed by atoms with Crippen molar-refractivity contribution in [2.75, 3.05) is 6.61 Å². The summed E-state index contributed by atoms with van der Waals surface area (Å²) in [6, 6.07) is 0. The van der Waals surface area contributed by atoms with Gasteiger partial charge in [0.25, 0.3) is 0 Å². The zero-order valence-corrected chi connectivity index (χ0v) is 10.9. The maximum Gasteiger partial charge on any atom is 0.147 e. The SMILES string of the molecule is C=C/C=C/C(Cl)=C1/CCCO/C1=C(\N)C(=C)C. The average Bonchev–Trinajstić information content (AvgIpc) is 2.34. The second kappa shape index (κ2) is 6.36. The molecule has 0 aromatic carbocycles. The molecule has 0 bridgehead atoms. The van der Waals surface area contributed by atoms with Crippen LogP contribution in [-0.2, 0) is 4.74 Å². The first-order valence-corrected chi connectivity index (χ1v) is 5.92. The van der Waals surface area contributed by atoms with E-state index < -0.39 is 0 Å². The van der Waals surface area contributed by atoms with Crippen molar-refractivity contribution < 1.29 is 4.74 Å². The molecular weight excluding hydrogens is 234 g/mol. The van der Waals surface area contributed by atoms with Crippen molar-refractivity contribution in [2.24, 2.45) is 5.73 Å². The van der Waals surface area contributed by atoms with Crippen molar-refractivity contribution in [1.29, 1.82) is 0 Å². The van der Waals surface area contributed by atoms with E-state index in [1.807, 2.05) is 6.92 Å². The van der Waals surface area contributed by atoms with Gasteiger partial charge in [-0.1, -0.05) is 36.9 Å². The molecule has 2 N–H and O–H groups in total. The van der Waals surface area contributed by atoms with E-state index in [1.54, 1.807) is 18.2 Å². The van der Waals surface area contributed by atoms with E-state index in [2.05, 4.69) is 13.2 Å². The highest BCUT2D eigenvalue weighted by atomic mass is 35.5. The molecule has 0 atom stereocenters. The van der Waals surface area contributed by atoms with Crippen molar-refractivity contribution in [3.8, 4) is 0 Å². The van der Waals surface area contributed by atoms with Gasteiger partial charge in [-0.25, -0.2) is 0 Å². The third-order valence-electron chi connectivity index (χ3n) is 2.46. The van der Waals surface area contributed by atoms with E-state index in [9.17, 15) is 0 Å². The first-order valence-electron chi connectivity index (χ1n) is 5.54. The van der Waals surface area contributed by atoms with Crippen LogP contribution in [-0.4, -0.2) is 6.61 Å². The number of hydrogen-bond acceptors (Lipinski definition) is 2. The van der Waals surface area contributed by atoms with E-state index in [0.29, 0.717) is 23.1 Å². The summed E-state index contributed by atoms with van der Waals surface area (Å²) in [6.07, 6.45) is 7.07. The highest BCUT2D eigenvalue weighted by Gasteiger charge is 2.19. The number of nitrogens with two attached hydrogens (primary N) is 1. The molecule has 3 heteroatoms. The first kappa shape index (κ1) is 13.7. The Morgan fingerprint density at radius 2 is 2.24 bits per heavy atom. The van der Waals surface area contributed by atoms with Gasteiger partial charge in [-0.2, -0.15) is 0 Å². The number of allylic oxidation sites excluding steroid dienone is 6. The third-order valence-corrected chi connectivity index (χ3v) is 2.82. The summed E-state index contributed by atoms with van der Waals surface area (Å²) < 4.78 is 5.61. The van der Waals surface area contributed by atoms with Gasteiger partial charge in [0.15, 0.2) is 0 Å². The van der Waals surface area contributed by atoms with Crippen LogP contribution >= 0.6 is 11.6 Å². The van der Waals surface area contributed by atoms with Crippen LogP contribution in [0.4, 0.5) is 0 Å². The van der Waals surface area contributed by atoms with Gasteiger partial charge in [0, 0.05) is 10.6 Å². The van der Waals surface area contributed by atoms with Crippen molar-refractivity contribution in [1.82, 2.24) is 0 Å². The summed E-state index contributed by atoms with van der Waals surface area (Å²) in [5.74, 6) is 0.669. The molecule has 0 amide bonds. The molecule has 1 aliphatic rings. The zero-order valence-electron chi connectivity index (χ0n) is 10.1. The Labute approximate surface area is 108 Å². The van der Waals surface area contributed by atoms with Gasteiger partial charge < -0.3 is 10.5 Å². The Morgan fingerprint density at radius 1 is 1.53 bits per heavy atom. The molecule has 1 rings (SSSR count). The molecule has 1 saturated heterocycles. The van der Waals surface area contributed by atoms with Crippen LogP contribution in [0.3, 0.4) is 0 Å². The van der Waals surface area contributed by atoms with Crippen LogP contribution < -0.4 is 5.73 Å². The molecule has 2 nitrogen and oxygen atoms in total. The lowest BCUT2D eigenvalue weighted by molar-refractivity contribution is 0.190. The largest absolute Gasteiger partial charge is 0.491 e. The lowest BCUT2D eigenvalue weighted by Gasteiger charge is -2.22. The first-order chi connectivity index (χ1) is 8.07. The van der Waals surface area contributed by atoms with Gasteiger partial charge in [-0.3, -0.25) is 0 Å². The van der Waals surface area contributed by atoms with Gasteiger partial charge in [-0.15, -0.1) is 0 Å². The van der Waals surface area contributed by atoms with Crippen LogP contribution in [0, 0.1) is 0 Å². The second-order valence-electron chi connectivity index (χ2n) is 3.90. The predicted octanol–water partition coefficient (Wildman–Crippen LogP) is 3.78. The molecule has 1 heterocycles. The van der Waals surface area contributed by atoms with Crippen molar-refractivity contribution >= 4 is 11.6 Å². The number of halogens is 1. The molecule has 0 unspecified atom stereocenters. The fourth-order valence-electron chi connectivity index (χ4n) is 1.54. The summed E-state index contributed by atoms with van der Waals surface area (Å²) in [6.45, 7) is 9.95. The number of hydrogen-bond donors (Lipinski definition) is 1. The molecule has 17 heavy (non-hydrogen) atoms. The maximum atomic E-state index is 6.23. The topological polar surface area (TPSA) is 35.2 Å². The molecule has 1 fully saturated rings. The molecule has 0 aromatic heterocycles. The Balaban J connectivity index is 3.18. The van der Waals surface area contributed by atoms with E-state index in [-0.39, 0.29) is 0 Å². The molecule has 1 aliphatic heterocycles. The van der Waals surface area contributed by atoms with Crippen LogP contribution in [0.15, 0.2) is 59.0 Å². The van der Waals surface area contributed by atoms with E-state index >= 15 is 0 Å². The number of ether oxygens (including phenoxy) is 1.